The first-order valence-electron chi connectivity index (χ1n) is 15.1. The summed E-state index contributed by atoms with van der Waals surface area (Å²) in [5.41, 5.74) is 5.50. The number of aryl methyl sites for hydroxylation is 2. The summed E-state index contributed by atoms with van der Waals surface area (Å²) in [4.78, 5) is 69.2. The Morgan fingerprint density at radius 3 is 2.13 bits per heavy atom. The number of nitrogens with zero attached hydrogens (tertiary/aromatic N) is 1. The first kappa shape index (κ1) is 28.6. The lowest BCUT2D eigenvalue weighted by Crippen LogP contribution is -2.39. The van der Waals surface area contributed by atoms with Gasteiger partial charge in [-0.15, -0.1) is 0 Å². The molecule has 7 rings (SSSR count). The third-order valence-corrected chi connectivity index (χ3v) is 9.83. The highest BCUT2D eigenvalue weighted by Gasteiger charge is 2.56. The molecule has 7 nitrogen and oxygen atoms in total. The molecule has 2 amide bonds. The quantitative estimate of drug-likeness (QED) is 0.174. The van der Waals surface area contributed by atoms with Crippen LogP contribution < -0.4 is 4.90 Å². The van der Waals surface area contributed by atoms with E-state index in [0.29, 0.717) is 51.1 Å². The van der Waals surface area contributed by atoms with E-state index in [0.717, 1.165) is 11.1 Å². The fourth-order valence-corrected chi connectivity index (χ4v) is 7.69. The molecule has 7 heteroatoms. The van der Waals surface area contributed by atoms with Crippen LogP contribution >= 0.6 is 0 Å². The number of amides is 2. The van der Waals surface area contributed by atoms with E-state index in [-0.39, 0.29) is 41.3 Å². The van der Waals surface area contributed by atoms with Gasteiger partial charge in [-0.1, -0.05) is 54.1 Å². The maximum absolute atomic E-state index is 14.2. The zero-order valence-corrected chi connectivity index (χ0v) is 25.2. The summed E-state index contributed by atoms with van der Waals surface area (Å²) >= 11 is 0. The summed E-state index contributed by atoms with van der Waals surface area (Å²) in [5, 5.41) is 10.5. The number of hydrogen-bond acceptors (Lipinski definition) is 6. The van der Waals surface area contributed by atoms with E-state index >= 15 is 0 Å². The number of rotatable bonds is 4. The lowest BCUT2D eigenvalue weighted by atomic mass is 9.59. The Hall–Kier alpha value is -5.17. The monoisotopic (exact) mass is 597 g/mol. The van der Waals surface area contributed by atoms with Crippen LogP contribution in [0, 0.1) is 31.6 Å². The van der Waals surface area contributed by atoms with E-state index in [1.54, 1.807) is 69.3 Å². The van der Waals surface area contributed by atoms with Gasteiger partial charge in [0.2, 0.25) is 11.8 Å². The van der Waals surface area contributed by atoms with Gasteiger partial charge in [0, 0.05) is 33.8 Å². The van der Waals surface area contributed by atoms with Gasteiger partial charge < -0.3 is 5.11 Å². The van der Waals surface area contributed by atoms with Gasteiger partial charge in [0.25, 0.3) is 0 Å². The number of hydrogen-bond donors (Lipinski definition) is 1. The third-order valence-electron chi connectivity index (χ3n) is 9.83. The van der Waals surface area contributed by atoms with Crippen LogP contribution in [0.25, 0.3) is 0 Å². The van der Waals surface area contributed by atoms with E-state index in [1.807, 2.05) is 24.3 Å². The minimum absolute atomic E-state index is 0.156. The van der Waals surface area contributed by atoms with Crippen LogP contribution in [-0.4, -0.2) is 34.3 Å². The number of benzene rings is 3. The van der Waals surface area contributed by atoms with Crippen LogP contribution in [0.4, 0.5) is 5.69 Å². The molecule has 1 aliphatic heterocycles. The van der Waals surface area contributed by atoms with Crippen molar-refractivity contribution in [2.75, 3.05) is 4.90 Å². The van der Waals surface area contributed by atoms with Crippen molar-refractivity contribution < 1.29 is 29.1 Å². The molecule has 0 radical (unpaired) electrons. The number of phenolic OH excluding ortho intramolecular Hbond substituents is 1. The Labute approximate surface area is 260 Å². The SMILES string of the molecule is CC1=CC(=O)C2=C(CC3C(=CCC4C(=O)N(c5ccc(C(=O)c6ccccc6)cc5)C(=O)C43)C2c2cc(C)c(O)c(C)c2)C1=O. The lowest BCUT2D eigenvalue weighted by molar-refractivity contribution is -0.123. The Bertz CT molecular complexity index is 1920. The Balaban J connectivity index is 1.27. The van der Waals surface area contributed by atoms with Gasteiger partial charge in [0.1, 0.15) is 5.75 Å². The Kier molecular flexibility index (Phi) is 6.66. The van der Waals surface area contributed by atoms with Gasteiger partial charge >= 0.3 is 0 Å². The molecular formula is C38H31NO6. The average molecular weight is 598 g/mol. The van der Waals surface area contributed by atoms with Gasteiger partial charge in [-0.05, 0) is 86.6 Å². The smallest absolute Gasteiger partial charge is 0.238 e. The number of aromatic hydroxyl groups is 1. The predicted molar refractivity (Wildman–Crippen MR) is 168 cm³/mol. The number of ketones is 3. The van der Waals surface area contributed by atoms with E-state index in [1.165, 1.54) is 11.0 Å². The second kappa shape index (κ2) is 10.5. The number of Topliss-reactive ketones (excluding diaryl/α,β-unsaturated/α-hetero) is 1. The molecule has 0 saturated carbocycles. The highest BCUT2D eigenvalue weighted by Crippen LogP contribution is 2.55. The number of carbonyl (C=O) groups excluding carboxylic acids is 5. The number of imide groups is 1. The first-order chi connectivity index (χ1) is 21.6. The molecule has 45 heavy (non-hydrogen) atoms. The Morgan fingerprint density at radius 2 is 1.47 bits per heavy atom. The zero-order valence-electron chi connectivity index (χ0n) is 25.2. The fourth-order valence-electron chi connectivity index (χ4n) is 7.69. The Morgan fingerprint density at radius 1 is 0.822 bits per heavy atom. The van der Waals surface area contributed by atoms with E-state index in [2.05, 4.69) is 0 Å². The van der Waals surface area contributed by atoms with Gasteiger partial charge in [-0.2, -0.15) is 0 Å². The highest BCUT2D eigenvalue weighted by molar-refractivity contribution is 6.25. The van der Waals surface area contributed by atoms with Gasteiger partial charge in [-0.25, -0.2) is 0 Å². The summed E-state index contributed by atoms with van der Waals surface area (Å²) in [6.07, 6.45) is 3.90. The number of carbonyl (C=O) groups is 5. The number of allylic oxidation sites excluding steroid dienone is 6. The predicted octanol–water partition coefficient (Wildman–Crippen LogP) is 5.87. The van der Waals surface area contributed by atoms with Crippen molar-refractivity contribution in [2.24, 2.45) is 17.8 Å². The molecule has 0 aromatic heterocycles. The average Bonchev–Trinajstić information content (AvgIpc) is 3.30. The summed E-state index contributed by atoms with van der Waals surface area (Å²) in [7, 11) is 0. The number of anilines is 1. The minimum atomic E-state index is -0.701. The summed E-state index contributed by atoms with van der Waals surface area (Å²) < 4.78 is 0. The van der Waals surface area contributed by atoms with Crippen molar-refractivity contribution >= 4 is 34.9 Å². The van der Waals surface area contributed by atoms with Crippen LogP contribution in [-0.2, 0) is 19.2 Å². The van der Waals surface area contributed by atoms with Crippen molar-refractivity contribution in [3.63, 3.8) is 0 Å². The van der Waals surface area contributed by atoms with Crippen LogP contribution in [0.1, 0.15) is 58.3 Å². The molecule has 1 heterocycles. The molecule has 0 spiro atoms. The van der Waals surface area contributed by atoms with Crippen molar-refractivity contribution in [1.82, 2.24) is 0 Å². The van der Waals surface area contributed by atoms with Crippen molar-refractivity contribution in [2.45, 2.75) is 39.5 Å². The molecule has 0 bridgehead atoms. The van der Waals surface area contributed by atoms with Crippen LogP contribution in [0.3, 0.4) is 0 Å². The van der Waals surface area contributed by atoms with Crippen molar-refractivity contribution in [3.05, 3.63) is 129 Å². The maximum Gasteiger partial charge on any atom is 0.238 e. The molecule has 1 fully saturated rings. The van der Waals surface area contributed by atoms with Crippen LogP contribution in [0.2, 0.25) is 0 Å². The van der Waals surface area contributed by atoms with Crippen molar-refractivity contribution in [1.29, 1.82) is 0 Å². The standard InChI is InChI=1S/C38H31NO6/c1-19-15-24(16-20(2)34(19)41)31-26-13-14-27-32(28(26)18-29-33(31)30(40)17-21(3)35(29)42)38(45)39(37(27)44)25-11-9-23(10-12-25)36(43)22-7-5-4-6-8-22/h4-13,15-17,27-28,31-32,41H,14,18H2,1-3H3. The topological polar surface area (TPSA) is 109 Å². The molecule has 1 saturated heterocycles. The van der Waals surface area contributed by atoms with Gasteiger partial charge in [-0.3, -0.25) is 28.9 Å². The highest BCUT2D eigenvalue weighted by atomic mass is 16.3. The zero-order chi connectivity index (χ0) is 31.7. The number of fused-ring (bicyclic) bond motifs is 3. The second-order valence-corrected chi connectivity index (χ2v) is 12.5. The molecule has 3 aromatic rings. The van der Waals surface area contributed by atoms with Crippen LogP contribution in [0.5, 0.6) is 5.75 Å². The van der Waals surface area contributed by atoms with Gasteiger partial charge in [0.15, 0.2) is 17.3 Å². The minimum Gasteiger partial charge on any atom is -0.507 e. The second-order valence-electron chi connectivity index (χ2n) is 12.5. The maximum atomic E-state index is 14.2. The number of phenols is 1. The molecule has 4 atom stereocenters. The fraction of sp³-hybridized carbons (Fsp3) is 0.237. The van der Waals surface area contributed by atoms with Crippen molar-refractivity contribution in [3.8, 4) is 5.75 Å². The molecule has 3 aromatic carbocycles. The third kappa shape index (κ3) is 4.37. The molecule has 4 aliphatic rings. The summed E-state index contributed by atoms with van der Waals surface area (Å²) in [6.45, 7) is 5.21. The molecular weight excluding hydrogens is 566 g/mol. The summed E-state index contributed by atoms with van der Waals surface area (Å²) in [6, 6.07) is 19.1. The largest absolute Gasteiger partial charge is 0.507 e. The lowest BCUT2D eigenvalue weighted by Gasteiger charge is -2.42. The normalized spacial score (nSPS) is 24.2. The van der Waals surface area contributed by atoms with E-state index in [9.17, 15) is 29.1 Å². The summed E-state index contributed by atoms with van der Waals surface area (Å²) in [5.74, 6) is -3.40. The molecule has 4 unspecified atom stereocenters. The van der Waals surface area contributed by atoms with Crippen LogP contribution in [0.15, 0.2) is 101 Å². The first-order valence-corrected chi connectivity index (χ1v) is 15.1. The molecule has 3 aliphatic carbocycles. The van der Waals surface area contributed by atoms with Gasteiger partial charge in [0.05, 0.1) is 17.5 Å². The molecule has 1 N–H and O–H groups in total. The van der Waals surface area contributed by atoms with E-state index in [4.69, 9.17) is 0 Å². The van der Waals surface area contributed by atoms with E-state index < -0.39 is 23.7 Å². The molecule has 224 valence electrons.